The molecular formula is C76H101BrN16O27. The highest BCUT2D eigenvalue weighted by Gasteiger charge is 2.48. The summed E-state index contributed by atoms with van der Waals surface area (Å²) < 4.78 is 6.54. The second-order valence-electron chi connectivity index (χ2n) is 28.3. The van der Waals surface area contributed by atoms with Gasteiger partial charge in [0.1, 0.15) is 60.7 Å². The number of hydrogen-bond donors (Lipinski definition) is 27. The zero-order valence-corrected chi connectivity index (χ0v) is 66.4. The van der Waals surface area contributed by atoms with E-state index in [0.717, 1.165) is 28.5 Å². The third-order valence-corrected chi connectivity index (χ3v) is 19.6. The van der Waals surface area contributed by atoms with Gasteiger partial charge in [-0.1, -0.05) is 119 Å². The van der Waals surface area contributed by atoms with E-state index < -0.39 is 294 Å². The molecule has 0 spiro atoms. The monoisotopic (exact) mass is 1750 g/mol. The fourth-order valence-electron chi connectivity index (χ4n) is 12.5. The molecule has 1 fully saturated rings. The third kappa shape index (κ3) is 27.3. The highest BCUT2D eigenvalue weighted by molar-refractivity contribution is 9.10. The number of aliphatic hydroxyl groups excluding tert-OH is 24. The molecule has 0 aromatic heterocycles. The number of nitrogens with zero attached hydrogens (tertiary/aromatic N) is 14. The van der Waals surface area contributed by atoms with Crippen LogP contribution in [-0.2, 0) is 16.0 Å². The van der Waals surface area contributed by atoms with Crippen molar-refractivity contribution in [1.29, 1.82) is 10.8 Å². The van der Waals surface area contributed by atoms with Crippen molar-refractivity contribution in [3.05, 3.63) is 136 Å². The Morgan fingerprint density at radius 3 is 1.78 bits per heavy atom. The smallest absolute Gasteiger partial charge is 0.328 e. The Balaban J connectivity index is 1.58. The number of aliphatic imine (C=N–C) groups is 12. The highest BCUT2D eigenvalue weighted by Crippen LogP contribution is 2.34. The number of carboxylic acid groups (broad SMARTS) is 1. The number of aliphatic carboxylic acids is 1. The molecule has 1 saturated heterocycles. The molecule has 3 aromatic rings. The second-order valence-corrected chi connectivity index (χ2v) is 29.2. The molecule has 4 bridgehead atoms. The Labute approximate surface area is 693 Å². The Hall–Kier alpha value is -11.4. The zero-order valence-electron chi connectivity index (χ0n) is 64.8. The molecule has 21 atom stereocenters. The maximum Gasteiger partial charge on any atom is 0.328 e. The van der Waals surface area contributed by atoms with Crippen molar-refractivity contribution in [3.63, 3.8) is 0 Å². The van der Waals surface area contributed by atoms with E-state index in [-0.39, 0.29) is 12.1 Å². The molecule has 4 aliphatic heterocycles. The summed E-state index contributed by atoms with van der Waals surface area (Å²) in [5.41, 5.74) is 1.54. The standard InChI is InChI=1S/C76H101BrN16O27/c1-35(17-18-38-11-6-4-7-12-38)23-51(98)44-27-56(102)82-49(31-94)69(112)87-48-30-92-29-42(93(34-92)75-63(106)62(105)60(103)53(33-96)120-75)25-46(66(109)90-58(37(3)97)73(116)88-50(32-95)70(113)85-45(65(108)84-44)24-39-13-8-5-9-14-39)81-55(101)16-10-15-43(76(118)119)83-71(114)52(99)28-80-72(115)57(36(2)40-19-21-41(77)22-20-40)89-74(117)59(61(104)64(79)107)91-67(110)47(26-54(78)100)86-68(48)111/h4-9,11-14,17-23,29,36-37,43-53,57-63,75,94-99,103-106H,10,15-16,24-28,30-34H2,1-3H3,(H2,78,100)(H2,79,107)(H,80,115)(H,81,101)(H,82,102)(H,83,114)(H,84,108)(H,85,113)(H,86,111)(H,87,112)(H,88,116)(H,89,117)(H,90,109)(H,91,110)(H,118,119). The lowest BCUT2D eigenvalue weighted by molar-refractivity contribution is -0.261. The Kier molecular flexibility index (Phi) is 36.0. The van der Waals surface area contributed by atoms with Crippen LogP contribution in [0.1, 0.15) is 81.9 Å². The summed E-state index contributed by atoms with van der Waals surface area (Å²) in [7, 11) is 0. The summed E-state index contributed by atoms with van der Waals surface area (Å²) in [6, 6.07) is 0.0646. The van der Waals surface area contributed by atoms with E-state index in [9.17, 15) is 132 Å². The quantitative estimate of drug-likeness (QED) is 0.0493. The van der Waals surface area contributed by atoms with Crippen LogP contribution in [0.4, 0.5) is 0 Å². The molecule has 7 rings (SSSR count). The van der Waals surface area contributed by atoms with Crippen LogP contribution in [-0.4, -0.2) is 387 Å². The number of carboxylic acids is 1. The maximum absolute atomic E-state index is 12.8. The molecule has 4 heterocycles. The Morgan fingerprint density at radius 1 is 0.592 bits per heavy atom. The number of rotatable bonds is 18. The first-order valence-corrected chi connectivity index (χ1v) is 38.2. The molecule has 27 N–H and O–H groups in total. The molecule has 0 aliphatic carbocycles. The summed E-state index contributed by atoms with van der Waals surface area (Å²) in [4.78, 5) is 63.8. The van der Waals surface area contributed by atoms with E-state index in [1.165, 1.54) is 25.1 Å². The lowest BCUT2D eigenvalue weighted by atomic mass is 9.93. The zero-order chi connectivity index (χ0) is 88.5. The molecular weight excluding hydrogens is 1650 g/mol. The van der Waals surface area contributed by atoms with Gasteiger partial charge in [-0.15, -0.1) is 0 Å². The number of hydrogen-bond acceptors (Lipinski definition) is 28. The van der Waals surface area contributed by atoms with E-state index in [0.29, 0.717) is 21.2 Å². The van der Waals surface area contributed by atoms with Crippen molar-refractivity contribution in [2.75, 3.05) is 39.6 Å². The van der Waals surface area contributed by atoms with Gasteiger partial charge in [0.15, 0.2) is 60.2 Å². The van der Waals surface area contributed by atoms with Crippen LogP contribution in [0.3, 0.4) is 0 Å². The summed E-state index contributed by atoms with van der Waals surface area (Å²) in [5, 5.41) is 304. The van der Waals surface area contributed by atoms with Crippen molar-refractivity contribution < 1.29 is 137 Å². The lowest BCUT2D eigenvalue weighted by Gasteiger charge is -2.45. The molecule has 44 heteroatoms. The van der Waals surface area contributed by atoms with Crippen LogP contribution >= 0.6 is 15.9 Å². The van der Waals surface area contributed by atoms with E-state index in [1.807, 2.05) is 0 Å². The van der Waals surface area contributed by atoms with Crippen LogP contribution in [0.5, 0.6) is 0 Å². The van der Waals surface area contributed by atoms with Crippen LogP contribution in [0.2, 0.25) is 0 Å². The minimum atomic E-state index is -2.72. The van der Waals surface area contributed by atoms with Crippen LogP contribution in [0.25, 0.3) is 6.08 Å². The molecule has 21 unspecified atom stereocenters. The molecule has 654 valence electrons. The second kappa shape index (κ2) is 45.1. The number of allylic oxidation sites excluding steroid dienone is 2. The summed E-state index contributed by atoms with van der Waals surface area (Å²) in [6.07, 6.45) is -18.2. The fraction of sp³-hybridized carbons (Fsp3) is 0.487. The molecule has 0 saturated carbocycles. The van der Waals surface area contributed by atoms with E-state index in [1.54, 1.807) is 91.9 Å². The SMILES string of the molecule is CC(C=Cc1ccccc1)=CC(O)C1CC(O)=NC(CO)C(O)=NC2CN3C=C(CC(N=C(O)CCCC(C(=O)O)N=C(O)C(O)CN=C(O)C(C(C)c4ccc(Br)cc4)N=C(O)C(C(O)C(=N)O)N=C(O)C(CC(=N)O)N=C2O)C(O)=NC(C(C)O)C(O)=NC(CO)C(O)=NC(Cc2ccccc2)C(O)=N1)N(C1OC(CO)C(O)C(O)C1O)C3. The average Bonchev–Trinajstić information content (AvgIpc) is 1.61. The number of nitrogens with one attached hydrogen (secondary N) is 2. The number of carbonyl (C=O) groups is 1. The predicted molar refractivity (Wildman–Crippen MR) is 444 cm³/mol. The topological polar surface area (TPSA) is 735 Å². The molecule has 0 radical (unpaired) electrons. The van der Waals surface area contributed by atoms with Gasteiger partial charge in [-0.2, -0.15) is 0 Å². The van der Waals surface area contributed by atoms with Crippen molar-refractivity contribution in [1.82, 2.24) is 9.80 Å². The average molecular weight is 1750 g/mol. The van der Waals surface area contributed by atoms with E-state index in [2.05, 4.69) is 75.8 Å². The van der Waals surface area contributed by atoms with Gasteiger partial charge >= 0.3 is 5.97 Å². The lowest BCUT2D eigenvalue weighted by Crippen LogP contribution is -2.63. The number of halogens is 1. The van der Waals surface area contributed by atoms with Crippen LogP contribution in [0.15, 0.2) is 179 Å². The van der Waals surface area contributed by atoms with Gasteiger partial charge < -0.3 is 142 Å². The van der Waals surface area contributed by atoms with E-state index >= 15 is 0 Å². The normalized spacial score (nSPS) is 29.0. The summed E-state index contributed by atoms with van der Waals surface area (Å²) in [6.45, 7) is -2.29. The first-order chi connectivity index (χ1) is 56.8. The Bertz CT molecular complexity index is 4470. The van der Waals surface area contributed by atoms with Crippen molar-refractivity contribution in [2.24, 2.45) is 59.9 Å². The van der Waals surface area contributed by atoms with Gasteiger partial charge in [0, 0.05) is 48.0 Å². The number of aliphatic hydroxyl groups is 24. The van der Waals surface area contributed by atoms with Crippen molar-refractivity contribution in [3.8, 4) is 0 Å². The number of fused-ring (bicyclic) bond motifs is 2. The third-order valence-electron chi connectivity index (χ3n) is 19.1. The van der Waals surface area contributed by atoms with Gasteiger partial charge in [0.2, 0.25) is 64.9 Å². The predicted octanol–water partition coefficient (Wildman–Crippen LogP) is 2.18. The first-order valence-electron chi connectivity index (χ1n) is 37.4. The first kappa shape index (κ1) is 95.7. The Morgan fingerprint density at radius 2 is 1.17 bits per heavy atom. The minimum Gasteiger partial charge on any atom is -0.497 e. The van der Waals surface area contributed by atoms with Gasteiger partial charge in [0.05, 0.1) is 64.2 Å². The fourth-order valence-corrected chi connectivity index (χ4v) is 12.8. The highest BCUT2D eigenvalue weighted by atomic mass is 79.9. The van der Waals surface area contributed by atoms with E-state index in [4.69, 9.17) is 15.6 Å². The number of benzene rings is 3. The van der Waals surface area contributed by atoms with Crippen LogP contribution in [0, 0.1) is 10.8 Å². The van der Waals surface area contributed by atoms with Crippen molar-refractivity contribution >= 4 is 111 Å². The van der Waals surface area contributed by atoms with Gasteiger partial charge in [-0.25, -0.2) is 59.7 Å². The van der Waals surface area contributed by atoms with Crippen LogP contribution < -0.4 is 0 Å². The minimum absolute atomic E-state index is 0.290. The molecule has 120 heavy (non-hydrogen) atoms. The number of ether oxygens (including phenoxy) is 1. The largest absolute Gasteiger partial charge is 0.497 e. The van der Waals surface area contributed by atoms with Gasteiger partial charge in [-0.05, 0) is 55.5 Å². The summed E-state index contributed by atoms with van der Waals surface area (Å²) >= 11 is 3.31. The molecule has 4 aliphatic rings. The van der Waals surface area contributed by atoms with Crippen molar-refractivity contribution in [2.45, 2.75) is 193 Å². The van der Waals surface area contributed by atoms with Gasteiger partial charge in [0.25, 0.3) is 0 Å². The molecule has 0 amide bonds. The van der Waals surface area contributed by atoms with Gasteiger partial charge in [-0.3, -0.25) is 15.8 Å². The molecule has 3 aromatic carbocycles. The maximum atomic E-state index is 12.8. The molecule has 43 nitrogen and oxygen atoms in total. The summed E-state index contributed by atoms with van der Waals surface area (Å²) in [5.74, 6) is -20.7.